The lowest BCUT2D eigenvalue weighted by Crippen LogP contribution is -2.37. The molecule has 0 N–H and O–H groups in total. The molecule has 1 aromatic rings. The van der Waals surface area contributed by atoms with Crippen molar-refractivity contribution in [1.29, 1.82) is 0 Å². The van der Waals surface area contributed by atoms with Gasteiger partial charge in [-0.15, -0.1) is 6.58 Å². The predicted molar refractivity (Wildman–Crippen MR) is 93.0 cm³/mol. The Morgan fingerprint density at radius 3 is 2.27 bits per heavy atom. The Kier molecular flexibility index (Phi) is 14.4. The SMILES string of the molecule is C=CC.CC.CC.Cc1ccc(N2CCCOC2=O)cc1F. The summed E-state index contributed by atoms with van der Waals surface area (Å²) in [5.41, 5.74) is 1.13. The summed E-state index contributed by atoms with van der Waals surface area (Å²) in [5.74, 6) is -0.300. The molecule has 0 spiro atoms. The van der Waals surface area contributed by atoms with E-state index in [0.29, 0.717) is 24.4 Å². The Morgan fingerprint density at radius 1 is 1.27 bits per heavy atom. The molecule has 1 amide bonds. The van der Waals surface area contributed by atoms with Crippen LogP contribution in [0.2, 0.25) is 0 Å². The van der Waals surface area contributed by atoms with Crippen LogP contribution < -0.4 is 4.90 Å². The fourth-order valence-corrected chi connectivity index (χ4v) is 1.54. The summed E-state index contributed by atoms with van der Waals surface area (Å²) in [5, 5.41) is 0. The maximum Gasteiger partial charge on any atom is 0.414 e. The van der Waals surface area contributed by atoms with E-state index in [9.17, 15) is 9.18 Å². The van der Waals surface area contributed by atoms with Crippen molar-refractivity contribution in [2.45, 2.75) is 48.0 Å². The molecule has 2 rings (SSSR count). The number of benzene rings is 1. The third-order valence-corrected chi connectivity index (χ3v) is 2.44. The van der Waals surface area contributed by atoms with Crippen molar-refractivity contribution in [3.05, 3.63) is 42.2 Å². The topological polar surface area (TPSA) is 29.5 Å². The number of carbonyl (C=O) groups excluding carboxylic acids is 1. The van der Waals surface area contributed by atoms with Crippen LogP contribution in [0.1, 0.15) is 46.6 Å². The van der Waals surface area contributed by atoms with Crippen molar-refractivity contribution < 1.29 is 13.9 Å². The Bertz CT molecular complexity index is 433. The van der Waals surface area contributed by atoms with E-state index in [2.05, 4.69) is 6.58 Å². The first-order valence-corrected chi connectivity index (χ1v) is 7.87. The minimum absolute atomic E-state index is 0.300. The molecule has 22 heavy (non-hydrogen) atoms. The molecule has 1 aromatic carbocycles. The van der Waals surface area contributed by atoms with Gasteiger partial charge in [-0.25, -0.2) is 9.18 Å². The molecule has 0 saturated carbocycles. The minimum Gasteiger partial charge on any atom is -0.449 e. The first kappa shape index (κ1) is 22.4. The average Bonchev–Trinajstić information content (AvgIpc) is 2.55. The summed E-state index contributed by atoms with van der Waals surface area (Å²) in [6.45, 7) is 16.0. The Balaban J connectivity index is 0. The number of hydrogen-bond donors (Lipinski definition) is 0. The van der Waals surface area contributed by atoms with Gasteiger partial charge < -0.3 is 4.74 Å². The predicted octanol–water partition coefficient (Wildman–Crippen LogP) is 5.73. The summed E-state index contributed by atoms with van der Waals surface area (Å²) in [6, 6.07) is 4.75. The molecule has 0 radical (unpaired) electrons. The van der Waals surface area contributed by atoms with Crippen LogP contribution in [0.15, 0.2) is 30.9 Å². The highest BCUT2D eigenvalue weighted by Gasteiger charge is 2.21. The zero-order chi connectivity index (χ0) is 17.5. The minimum atomic E-state index is -0.399. The van der Waals surface area contributed by atoms with Gasteiger partial charge in [-0.1, -0.05) is 39.8 Å². The van der Waals surface area contributed by atoms with Gasteiger partial charge in [0.1, 0.15) is 5.82 Å². The number of aryl methyl sites for hydroxylation is 1. The fourth-order valence-electron chi connectivity index (χ4n) is 1.54. The van der Waals surface area contributed by atoms with Crippen LogP contribution in [0.4, 0.5) is 14.9 Å². The van der Waals surface area contributed by atoms with Crippen molar-refractivity contribution in [3.63, 3.8) is 0 Å². The molecule has 0 aliphatic carbocycles. The smallest absolute Gasteiger partial charge is 0.414 e. The number of rotatable bonds is 1. The van der Waals surface area contributed by atoms with Gasteiger partial charge in [-0.3, -0.25) is 4.90 Å². The van der Waals surface area contributed by atoms with E-state index >= 15 is 0 Å². The van der Waals surface area contributed by atoms with Crippen molar-refractivity contribution in [2.75, 3.05) is 18.1 Å². The standard InChI is InChI=1S/C11H12FNO2.C3H6.2C2H6/c1-8-3-4-9(7-10(8)12)13-5-2-6-15-11(13)14;1-3-2;2*1-2/h3-4,7H,2,5-6H2,1H3;3H,1H2,2H3;2*1-2H3. The highest BCUT2D eigenvalue weighted by molar-refractivity contribution is 5.88. The van der Waals surface area contributed by atoms with Gasteiger partial charge in [0.15, 0.2) is 0 Å². The van der Waals surface area contributed by atoms with Gasteiger partial charge in [0.2, 0.25) is 0 Å². The van der Waals surface area contributed by atoms with E-state index in [1.165, 1.54) is 11.0 Å². The number of anilines is 1. The first-order valence-electron chi connectivity index (χ1n) is 7.87. The summed E-state index contributed by atoms with van der Waals surface area (Å²) >= 11 is 0. The zero-order valence-electron chi connectivity index (χ0n) is 14.8. The third-order valence-electron chi connectivity index (χ3n) is 2.44. The van der Waals surface area contributed by atoms with Gasteiger partial charge >= 0.3 is 6.09 Å². The third kappa shape index (κ3) is 7.81. The molecule has 1 aliphatic rings. The van der Waals surface area contributed by atoms with E-state index in [-0.39, 0.29) is 5.82 Å². The normalized spacial score (nSPS) is 12.3. The van der Waals surface area contributed by atoms with Crippen molar-refractivity contribution >= 4 is 11.8 Å². The first-order chi connectivity index (χ1) is 10.6. The van der Waals surface area contributed by atoms with E-state index < -0.39 is 6.09 Å². The van der Waals surface area contributed by atoms with E-state index in [4.69, 9.17) is 4.74 Å². The van der Waals surface area contributed by atoms with Gasteiger partial charge in [-0.05, 0) is 38.0 Å². The van der Waals surface area contributed by atoms with Gasteiger partial charge in [0.25, 0.3) is 0 Å². The van der Waals surface area contributed by atoms with Crippen LogP contribution in [0, 0.1) is 12.7 Å². The number of carbonyl (C=O) groups is 1. The van der Waals surface area contributed by atoms with Crippen LogP contribution >= 0.6 is 0 Å². The maximum absolute atomic E-state index is 13.3. The zero-order valence-corrected chi connectivity index (χ0v) is 14.8. The second-order valence-electron chi connectivity index (χ2n) is 3.96. The number of halogens is 1. The maximum atomic E-state index is 13.3. The lowest BCUT2D eigenvalue weighted by atomic mass is 10.2. The quantitative estimate of drug-likeness (QED) is 0.620. The van der Waals surface area contributed by atoms with Crippen molar-refractivity contribution in [3.8, 4) is 0 Å². The molecule has 0 unspecified atom stereocenters. The average molecular weight is 311 g/mol. The summed E-state index contributed by atoms with van der Waals surface area (Å²) in [4.78, 5) is 12.8. The second kappa shape index (κ2) is 14.1. The summed E-state index contributed by atoms with van der Waals surface area (Å²) in [6.07, 6.45) is 2.13. The Morgan fingerprint density at radius 2 is 1.82 bits per heavy atom. The van der Waals surface area contributed by atoms with Crippen LogP contribution in [0.5, 0.6) is 0 Å². The lowest BCUT2D eigenvalue weighted by Gasteiger charge is -2.26. The molecule has 0 atom stereocenters. The molecule has 1 saturated heterocycles. The number of nitrogens with zero attached hydrogens (tertiary/aromatic N) is 1. The number of amides is 1. The van der Waals surface area contributed by atoms with Crippen molar-refractivity contribution in [2.24, 2.45) is 0 Å². The van der Waals surface area contributed by atoms with Crippen LogP contribution in [0.3, 0.4) is 0 Å². The molecule has 0 aromatic heterocycles. The largest absolute Gasteiger partial charge is 0.449 e. The summed E-state index contributed by atoms with van der Waals surface area (Å²) < 4.78 is 18.2. The second-order valence-corrected chi connectivity index (χ2v) is 3.96. The van der Waals surface area contributed by atoms with Crippen LogP contribution in [-0.4, -0.2) is 19.2 Å². The number of allylic oxidation sites excluding steroid dienone is 1. The number of ether oxygens (including phenoxy) is 1. The lowest BCUT2D eigenvalue weighted by molar-refractivity contribution is 0.140. The molecule has 1 aliphatic heterocycles. The monoisotopic (exact) mass is 311 g/mol. The molecular weight excluding hydrogens is 281 g/mol. The van der Waals surface area contributed by atoms with E-state index in [1.807, 2.05) is 34.6 Å². The van der Waals surface area contributed by atoms with Crippen LogP contribution in [-0.2, 0) is 4.74 Å². The number of hydrogen-bond acceptors (Lipinski definition) is 2. The van der Waals surface area contributed by atoms with Gasteiger partial charge in [0, 0.05) is 12.2 Å². The highest BCUT2D eigenvalue weighted by atomic mass is 19.1. The number of cyclic esters (lactones) is 1. The molecule has 4 heteroatoms. The Labute approximate surface area is 134 Å². The molecular formula is C18H30FNO2. The molecule has 1 fully saturated rings. The molecule has 3 nitrogen and oxygen atoms in total. The molecule has 0 bridgehead atoms. The fraction of sp³-hybridized carbons (Fsp3) is 0.500. The van der Waals surface area contributed by atoms with Gasteiger partial charge in [-0.2, -0.15) is 0 Å². The molecule has 126 valence electrons. The highest BCUT2D eigenvalue weighted by Crippen LogP contribution is 2.21. The van der Waals surface area contributed by atoms with E-state index in [0.717, 1.165) is 6.42 Å². The summed E-state index contributed by atoms with van der Waals surface area (Å²) in [7, 11) is 0. The Hall–Kier alpha value is -1.84. The van der Waals surface area contributed by atoms with Crippen LogP contribution in [0.25, 0.3) is 0 Å². The van der Waals surface area contributed by atoms with Crippen molar-refractivity contribution in [1.82, 2.24) is 0 Å². The molecule has 1 heterocycles. The van der Waals surface area contributed by atoms with Gasteiger partial charge in [0.05, 0.1) is 6.61 Å². The van der Waals surface area contributed by atoms with E-state index in [1.54, 1.807) is 25.1 Å².